The zero-order valence-corrected chi connectivity index (χ0v) is 11.2. The molecule has 1 amide bonds. The molecule has 4 nitrogen and oxygen atoms in total. The maximum atomic E-state index is 11.4. The van der Waals surface area contributed by atoms with E-state index in [1.54, 1.807) is 12.1 Å². The summed E-state index contributed by atoms with van der Waals surface area (Å²) >= 11 is 6.12. The summed E-state index contributed by atoms with van der Waals surface area (Å²) < 4.78 is 0. The molecule has 0 saturated heterocycles. The molecule has 1 aromatic carbocycles. The van der Waals surface area contributed by atoms with Gasteiger partial charge in [0.05, 0.1) is 16.3 Å². The summed E-state index contributed by atoms with van der Waals surface area (Å²) in [6, 6.07) is 3.18. The SMILES string of the molecule is CC1(CNc2c(Cl)cc(N)cc2C(N)=O)CCC1. The Morgan fingerprint density at radius 3 is 2.67 bits per heavy atom. The fourth-order valence-electron chi connectivity index (χ4n) is 2.26. The molecule has 18 heavy (non-hydrogen) atoms. The van der Waals surface area contributed by atoms with E-state index in [0.717, 1.165) is 6.54 Å². The van der Waals surface area contributed by atoms with E-state index in [4.69, 9.17) is 23.1 Å². The van der Waals surface area contributed by atoms with Gasteiger partial charge in [-0.3, -0.25) is 4.79 Å². The number of rotatable bonds is 4. The second-order valence-corrected chi connectivity index (χ2v) is 5.71. The van der Waals surface area contributed by atoms with Gasteiger partial charge in [-0.25, -0.2) is 0 Å². The van der Waals surface area contributed by atoms with Crippen LogP contribution in [0.2, 0.25) is 5.02 Å². The summed E-state index contributed by atoms with van der Waals surface area (Å²) in [5, 5.41) is 3.68. The van der Waals surface area contributed by atoms with Crippen LogP contribution in [0.15, 0.2) is 12.1 Å². The number of nitrogens with one attached hydrogen (secondary N) is 1. The summed E-state index contributed by atoms with van der Waals surface area (Å²) in [7, 11) is 0. The first-order valence-electron chi connectivity index (χ1n) is 6.04. The molecular formula is C13H18ClN3O. The first kappa shape index (κ1) is 13.0. The highest BCUT2D eigenvalue weighted by Gasteiger charge is 2.31. The molecule has 0 aromatic heterocycles. The van der Waals surface area contributed by atoms with Gasteiger partial charge in [-0.15, -0.1) is 0 Å². The van der Waals surface area contributed by atoms with Crippen molar-refractivity contribution < 1.29 is 4.79 Å². The number of nitrogen functional groups attached to an aromatic ring is 1. The van der Waals surface area contributed by atoms with Crippen molar-refractivity contribution in [2.24, 2.45) is 11.1 Å². The van der Waals surface area contributed by atoms with Crippen LogP contribution in [0.1, 0.15) is 36.5 Å². The smallest absolute Gasteiger partial charge is 0.250 e. The molecular weight excluding hydrogens is 250 g/mol. The molecule has 1 aromatic rings. The van der Waals surface area contributed by atoms with Crippen LogP contribution in [0.3, 0.4) is 0 Å². The third kappa shape index (κ3) is 2.53. The number of benzene rings is 1. The lowest BCUT2D eigenvalue weighted by Gasteiger charge is -2.39. The predicted molar refractivity (Wildman–Crippen MR) is 74.8 cm³/mol. The summed E-state index contributed by atoms with van der Waals surface area (Å²) in [6.07, 6.45) is 3.65. The van der Waals surface area contributed by atoms with E-state index >= 15 is 0 Å². The molecule has 0 bridgehead atoms. The summed E-state index contributed by atoms with van der Waals surface area (Å²) in [4.78, 5) is 11.4. The van der Waals surface area contributed by atoms with Gasteiger partial charge in [0, 0.05) is 12.2 Å². The summed E-state index contributed by atoms with van der Waals surface area (Å²) in [6.45, 7) is 3.01. The lowest BCUT2D eigenvalue weighted by molar-refractivity contribution is 0.100. The minimum atomic E-state index is -0.523. The number of primary amides is 1. The third-order valence-electron chi connectivity index (χ3n) is 3.63. The second-order valence-electron chi connectivity index (χ2n) is 5.31. The van der Waals surface area contributed by atoms with Crippen molar-refractivity contribution in [1.29, 1.82) is 0 Å². The van der Waals surface area contributed by atoms with Crippen molar-refractivity contribution >= 4 is 28.9 Å². The Bertz CT molecular complexity index is 483. The minimum absolute atomic E-state index is 0.291. The average molecular weight is 268 g/mol. The van der Waals surface area contributed by atoms with Crippen LogP contribution in [-0.2, 0) is 0 Å². The van der Waals surface area contributed by atoms with Gasteiger partial charge in [0.15, 0.2) is 0 Å². The number of halogens is 1. The Morgan fingerprint density at radius 2 is 2.17 bits per heavy atom. The molecule has 0 heterocycles. The van der Waals surface area contributed by atoms with E-state index in [1.165, 1.54) is 19.3 Å². The van der Waals surface area contributed by atoms with E-state index in [-0.39, 0.29) is 0 Å². The number of carbonyl (C=O) groups excluding carboxylic acids is 1. The van der Waals surface area contributed by atoms with Gasteiger partial charge in [-0.2, -0.15) is 0 Å². The average Bonchev–Trinajstić information content (AvgIpc) is 2.24. The van der Waals surface area contributed by atoms with Crippen LogP contribution in [0, 0.1) is 5.41 Å². The fourth-order valence-corrected chi connectivity index (χ4v) is 2.56. The fraction of sp³-hybridized carbons (Fsp3) is 0.462. The second kappa shape index (κ2) is 4.69. The minimum Gasteiger partial charge on any atom is -0.399 e. The van der Waals surface area contributed by atoms with Crippen LogP contribution in [0.25, 0.3) is 0 Å². The molecule has 0 spiro atoms. The van der Waals surface area contributed by atoms with Crippen molar-refractivity contribution in [3.05, 3.63) is 22.7 Å². The molecule has 1 aliphatic rings. The van der Waals surface area contributed by atoms with E-state index in [9.17, 15) is 4.79 Å². The van der Waals surface area contributed by atoms with Gasteiger partial charge >= 0.3 is 0 Å². The molecule has 2 rings (SSSR count). The van der Waals surface area contributed by atoms with Crippen molar-refractivity contribution in [2.45, 2.75) is 26.2 Å². The van der Waals surface area contributed by atoms with Crippen molar-refractivity contribution in [1.82, 2.24) is 0 Å². The topological polar surface area (TPSA) is 81.1 Å². The zero-order valence-electron chi connectivity index (χ0n) is 10.4. The van der Waals surface area contributed by atoms with Gasteiger partial charge in [0.25, 0.3) is 5.91 Å². The predicted octanol–water partition coefficient (Wildman–Crippen LogP) is 2.62. The first-order valence-corrected chi connectivity index (χ1v) is 6.42. The quantitative estimate of drug-likeness (QED) is 0.734. The Balaban J connectivity index is 2.22. The van der Waals surface area contributed by atoms with Crippen LogP contribution < -0.4 is 16.8 Å². The lowest BCUT2D eigenvalue weighted by Crippen LogP contribution is -2.33. The van der Waals surface area contributed by atoms with E-state index in [1.807, 2.05) is 0 Å². The molecule has 1 aliphatic carbocycles. The highest BCUT2D eigenvalue weighted by Crippen LogP contribution is 2.41. The summed E-state index contributed by atoms with van der Waals surface area (Å²) in [5.74, 6) is -0.523. The molecule has 0 aliphatic heterocycles. The Labute approximate surface area is 112 Å². The zero-order chi connectivity index (χ0) is 13.3. The number of hydrogen-bond donors (Lipinski definition) is 3. The van der Waals surface area contributed by atoms with Gasteiger partial charge in [0.1, 0.15) is 0 Å². The van der Waals surface area contributed by atoms with Gasteiger partial charge in [-0.05, 0) is 30.4 Å². The van der Waals surface area contributed by atoms with Crippen molar-refractivity contribution in [2.75, 3.05) is 17.6 Å². The maximum Gasteiger partial charge on any atom is 0.250 e. The molecule has 5 heteroatoms. The van der Waals surface area contributed by atoms with Crippen LogP contribution in [-0.4, -0.2) is 12.5 Å². The molecule has 5 N–H and O–H groups in total. The van der Waals surface area contributed by atoms with Gasteiger partial charge < -0.3 is 16.8 Å². The largest absolute Gasteiger partial charge is 0.399 e. The highest BCUT2D eigenvalue weighted by atomic mass is 35.5. The Kier molecular flexibility index (Phi) is 3.39. The molecule has 0 atom stereocenters. The molecule has 0 unspecified atom stereocenters. The lowest BCUT2D eigenvalue weighted by atomic mass is 9.70. The summed E-state index contributed by atoms with van der Waals surface area (Å²) in [5.41, 5.74) is 12.7. The molecule has 0 radical (unpaired) electrons. The van der Waals surface area contributed by atoms with E-state index < -0.39 is 5.91 Å². The maximum absolute atomic E-state index is 11.4. The van der Waals surface area contributed by atoms with Gasteiger partial charge in [0.2, 0.25) is 0 Å². The number of amides is 1. The monoisotopic (exact) mass is 267 g/mol. The normalized spacial score (nSPS) is 17.0. The third-order valence-corrected chi connectivity index (χ3v) is 3.93. The first-order chi connectivity index (χ1) is 8.41. The van der Waals surface area contributed by atoms with Crippen LogP contribution in [0.4, 0.5) is 11.4 Å². The van der Waals surface area contributed by atoms with Gasteiger partial charge in [-0.1, -0.05) is 24.9 Å². The standard InChI is InChI=1S/C13H18ClN3O/c1-13(3-2-4-13)7-17-11-9(12(16)18)5-8(15)6-10(11)14/h5-6,17H,2-4,7,15H2,1H3,(H2,16,18). The highest BCUT2D eigenvalue weighted by molar-refractivity contribution is 6.34. The van der Waals surface area contributed by atoms with Crippen molar-refractivity contribution in [3.8, 4) is 0 Å². The Morgan fingerprint density at radius 1 is 1.50 bits per heavy atom. The van der Waals surface area contributed by atoms with Crippen LogP contribution in [0.5, 0.6) is 0 Å². The molecule has 1 fully saturated rings. The van der Waals surface area contributed by atoms with Crippen molar-refractivity contribution in [3.63, 3.8) is 0 Å². The number of anilines is 2. The molecule has 1 saturated carbocycles. The number of nitrogens with two attached hydrogens (primary N) is 2. The number of hydrogen-bond acceptors (Lipinski definition) is 3. The Hall–Kier alpha value is -1.42. The van der Waals surface area contributed by atoms with E-state index in [0.29, 0.717) is 27.4 Å². The molecule has 98 valence electrons. The van der Waals surface area contributed by atoms with Crippen LogP contribution >= 0.6 is 11.6 Å². The number of carbonyl (C=O) groups is 1. The van der Waals surface area contributed by atoms with E-state index in [2.05, 4.69) is 12.2 Å².